The molecule has 0 saturated carbocycles. The normalized spacial score (nSPS) is 16.5. The van der Waals surface area contributed by atoms with E-state index in [0.29, 0.717) is 6.61 Å². The van der Waals surface area contributed by atoms with Crippen molar-refractivity contribution in [3.8, 4) is 17.0 Å². The van der Waals surface area contributed by atoms with E-state index in [1.165, 1.54) is 11.1 Å². The maximum atomic E-state index is 6.09. The largest absolute Gasteiger partial charge is 0.489 e. The summed E-state index contributed by atoms with van der Waals surface area (Å²) < 4.78 is 14.1. The molecule has 1 atom stereocenters. The zero-order chi connectivity index (χ0) is 24.2. The first-order valence-corrected chi connectivity index (χ1v) is 12.6. The summed E-state index contributed by atoms with van der Waals surface area (Å²) in [7, 11) is 0. The average Bonchev–Trinajstić information content (AvgIpc) is 3.26. The van der Waals surface area contributed by atoms with Gasteiger partial charge in [0.15, 0.2) is 11.9 Å². The zero-order valence-corrected chi connectivity index (χ0v) is 20.8. The first kappa shape index (κ1) is 23.3. The molecule has 5 rings (SSSR count). The Morgan fingerprint density at radius 1 is 1.11 bits per heavy atom. The summed E-state index contributed by atoms with van der Waals surface area (Å²) in [4.78, 5) is 5.13. The Hall–Kier alpha value is -3.44. The Morgan fingerprint density at radius 2 is 1.91 bits per heavy atom. The summed E-state index contributed by atoms with van der Waals surface area (Å²) in [6.07, 6.45) is 6.32. The van der Waals surface area contributed by atoms with E-state index in [2.05, 4.69) is 57.2 Å². The van der Waals surface area contributed by atoms with Crippen molar-refractivity contribution in [2.75, 3.05) is 6.61 Å². The molecule has 3 heterocycles. The van der Waals surface area contributed by atoms with Gasteiger partial charge in [-0.05, 0) is 86.6 Å². The number of allylic oxidation sites excluding steroid dienone is 2. The van der Waals surface area contributed by atoms with Crippen molar-refractivity contribution >= 4 is 16.6 Å². The molecule has 0 N–H and O–H groups in total. The molecule has 0 aliphatic carbocycles. The Labute approximate surface area is 207 Å². The smallest absolute Gasteiger partial charge is 0.162 e. The minimum absolute atomic E-state index is 0.0556. The number of hydrogen-bond acceptors (Lipinski definition) is 4. The van der Waals surface area contributed by atoms with Crippen LogP contribution >= 0.6 is 0 Å². The van der Waals surface area contributed by atoms with E-state index < -0.39 is 0 Å². The maximum absolute atomic E-state index is 6.09. The molecule has 1 fully saturated rings. The molecule has 1 saturated heterocycles. The molecule has 35 heavy (non-hydrogen) atoms. The SMILES string of the molecule is CC=C(CC)c1cc(-c2ccc(OCc3ccccc3)cc2)nc2c1c(C)nn2C1CCCCO1. The van der Waals surface area contributed by atoms with Crippen LogP contribution in [0.1, 0.15) is 62.6 Å². The zero-order valence-electron chi connectivity index (χ0n) is 20.8. The number of aryl methyl sites for hydroxylation is 1. The predicted octanol–water partition coefficient (Wildman–Crippen LogP) is 7.50. The molecule has 0 amide bonds. The summed E-state index contributed by atoms with van der Waals surface area (Å²) in [5, 5.41) is 6.03. The van der Waals surface area contributed by atoms with Gasteiger partial charge >= 0.3 is 0 Å². The van der Waals surface area contributed by atoms with Gasteiger partial charge in [-0.3, -0.25) is 0 Å². The molecule has 1 unspecified atom stereocenters. The monoisotopic (exact) mass is 467 g/mol. The van der Waals surface area contributed by atoms with Gasteiger partial charge in [0, 0.05) is 17.6 Å². The van der Waals surface area contributed by atoms with Crippen LogP contribution in [0.15, 0.2) is 66.7 Å². The lowest BCUT2D eigenvalue weighted by Crippen LogP contribution is -2.19. The number of fused-ring (bicyclic) bond motifs is 1. The van der Waals surface area contributed by atoms with Crippen LogP contribution in [0.2, 0.25) is 0 Å². The van der Waals surface area contributed by atoms with Crippen molar-refractivity contribution < 1.29 is 9.47 Å². The summed E-state index contributed by atoms with van der Waals surface area (Å²) in [6.45, 7) is 7.71. The van der Waals surface area contributed by atoms with Gasteiger partial charge in [0.2, 0.25) is 0 Å². The fraction of sp³-hybridized carbons (Fsp3) is 0.333. The number of aromatic nitrogens is 3. The molecule has 5 heteroatoms. The fourth-order valence-corrected chi connectivity index (χ4v) is 4.84. The molecule has 2 aromatic heterocycles. The molecular weight excluding hydrogens is 434 g/mol. The van der Waals surface area contributed by atoms with Crippen LogP contribution < -0.4 is 4.74 Å². The minimum atomic E-state index is -0.0556. The third kappa shape index (κ3) is 4.87. The van der Waals surface area contributed by atoms with Gasteiger partial charge in [0.1, 0.15) is 12.4 Å². The topological polar surface area (TPSA) is 49.2 Å². The lowest BCUT2D eigenvalue weighted by Gasteiger charge is -2.23. The highest BCUT2D eigenvalue weighted by Crippen LogP contribution is 2.35. The quantitative estimate of drug-likeness (QED) is 0.282. The van der Waals surface area contributed by atoms with Crippen molar-refractivity contribution in [3.63, 3.8) is 0 Å². The van der Waals surface area contributed by atoms with E-state index in [1.54, 1.807) is 0 Å². The van der Waals surface area contributed by atoms with Gasteiger partial charge in [-0.1, -0.05) is 43.3 Å². The van der Waals surface area contributed by atoms with Gasteiger partial charge in [0.25, 0.3) is 0 Å². The first-order valence-electron chi connectivity index (χ1n) is 12.6. The van der Waals surface area contributed by atoms with Gasteiger partial charge in [-0.15, -0.1) is 0 Å². The van der Waals surface area contributed by atoms with Gasteiger partial charge in [-0.2, -0.15) is 5.10 Å². The molecule has 2 aromatic carbocycles. The van der Waals surface area contributed by atoms with Crippen LogP contribution in [-0.2, 0) is 11.3 Å². The molecule has 0 bridgehead atoms. The Morgan fingerprint density at radius 3 is 2.60 bits per heavy atom. The molecule has 4 aromatic rings. The summed E-state index contributed by atoms with van der Waals surface area (Å²) in [5.74, 6) is 0.845. The minimum Gasteiger partial charge on any atom is -0.489 e. The molecular formula is C30H33N3O2. The van der Waals surface area contributed by atoms with Crippen LogP contribution in [0.3, 0.4) is 0 Å². The molecule has 0 spiro atoms. The van der Waals surface area contributed by atoms with E-state index in [0.717, 1.165) is 71.6 Å². The molecule has 1 aliphatic heterocycles. The lowest BCUT2D eigenvalue weighted by molar-refractivity contribution is -0.0371. The molecule has 5 nitrogen and oxygen atoms in total. The van der Waals surface area contributed by atoms with E-state index in [9.17, 15) is 0 Å². The second kappa shape index (κ2) is 10.4. The van der Waals surface area contributed by atoms with Crippen LogP contribution in [0, 0.1) is 6.92 Å². The molecule has 1 aliphatic rings. The Balaban J connectivity index is 1.53. The van der Waals surface area contributed by atoms with Crippen LogP contribution in [0.5, 0.6) is 5.75 Å². The predicted molar refractivity (Wildman–Crippen MR) is 141 cm³/mol. The third-order valence-electron chi connectivity index (χ3n) is 6.74. The van der Waals surface area contributed by atoms with Crippen LogP contribution in [-0.4, -0.2) is 21.4 Å². The van der Waals surface area contributed by atoms with Crippen molar-refractivity contribution in [1.29, 1.82) is 0 Å². The number of hydrogen-bond donors (Lipinski definition) is 0. The number of benzene rings is 2. The standard InChI is InChI=1S/C30H33N3O2/c1-4-23(5-2)26-19-27(24-14-16-25(17-15-24)35-20-22-11-7-6-8-12-22)31-30-29(26)21(3)32-33(30)28-13-9-10-18-34-28/h4,6-8,11-12,14-17,19,28H,5,9-10,13,18,20H2,1-3H3. The average molecular weight is 468 g/mol. The summed E-state index contributed by atoms with van der Waals surface area (Å²) in [6, 6.07) is 20.6. The van der Waals surface area contributed by atoms with Gasteiger partial charge < -0.3 is 9.47 Å². The van der Waals surface area contributed by atoms with Crippen LogP contribution in [0.25, 0.3) is 27.9 Å². The van der Waals surface area contributed by atoms with E-state index in [-0.39, 0.29) is 6.23 Å². The van der Waals surface area contributed by atoms with Crippen molar-refractivity contribution in [1.82, 2.24) is 14.8 Å². The molecule has 180 valence electrons. The highest BCUT2D eigenvalue weighted by molar-refractivity contribution is 5.94. The second-order valence-corrected chi connectivity index (χ2v) is 9.07. The van der Waals surface area contributed by atoms with Crippen molar-refractivity contribution in [2.24, 2.45) is 0 Å². The van der Waals surface area contributed by atoms with Gasteiger partial charge in [0.05, 0.1) is 11.4 Å². The number of pyridine rings is 1. The van der Waals surface area contributed by atoms with E-state index in [4.69, 9.17) is 19.6 Å². The number of nitrogens with zero attached hydrogens (tertiary/aromatic N) is 3. The number of ether oxygens (including phenoxy) is 2. The lowest BCUT2D eigenvalue weighted by atomic mass is 9.97. The van der Waals surface area contributed by atoms with Crippen molar-refractivity contribution in [2.45, 2.75) is 59.3 Å². The van der Waals surface area contributed by atoms with Gasteiger partial charge in [-0.25, -0.2) is 9.67 Å². The summed E-state index contributed by atoms with van der Waals surface area (Å²) >= 11 is 0. The van der Waals surface area contributed by atoms with Crippen molar-refractivity contribution in [3.05, 3.63) is 83.6 Å². The van der Waals surface area contributed by atoms with E-state index in [1.807, 2.05) is 35.0 Å². The Kier molecular flexibility index (Phi) is 6.96. The highest BCUT2D eigenvalue weighted by atomic mass is 16.5. The Bertz CT molecular complexity index is 1320. The summed E-state index contributed by atoms with van der Waals surface area (Å²) in [5.41, 5.74) is 7.56. The molecule has 0 radical (unpaired) electrons. The first-order chi connectivity index (χ1) is 17.2. The van der Waals surface area contributed by atoms with E-state index >= 15 is 0 Å². The fourth-order valence-electron chi connectivity index (χ4n) is 4.84. The maximum Gasteiger partial charge on any atom is 0.162 e. The third-order valence-corrected chi connectivity index (χ3v) is 6.74. The second-order valence-electron chi connectivity index (χ2n) is 9.07. The number of rotatable bonds is 7. The highest BCUT2D eigenvalue weighted by Gasteiger charge is 2.24. The van der Waals surface area contributed by atoms with Crippen LogP contribution in [0.4, 0.5) is 0 Å².